The third-order valence-corrected chi connectivity index (χ3v) is 4.78. The van der Waals surface area contributed by atoms with Crippen molar-refractivity contribution in [3.05, 3.63) is 0 Å². The standard InChI is InChI=1S/C14H24N2O/c1-10-3-4-12(8-15)13(7-10)16-6-5-11(2)14(16)9-17/h10-14,17H,3-7,9H2,1-2H3. The Kier molecular flexibility index (Phi) is 4.06. The highest BCUT2D eigenvalue weighted by atomic mass is 16.3. The number of likely N-dealkylation sites (tertiary alicyclic amines) is 1. The van der Waals surface area contributed by atoms with Crippen molar-refractivity contribution >= 4 is 0 Å². The molecule has 3 heteroatoms. The van der Waals surface area contributed by atoms with Crippen molar-refractivity contribution in [2.24, 2.45) is 17.8 Å². The Labute approximate surface area is 104 Å². The lowest BCUT2D eigenvalue weighted by Gasteiger charge is -2.40. The second kappa shape index (κ2) is 5.37. The molecule has 2 rings (SSSR count). The van der Waals surface area contributed by atoms with E-state index in [1.165, 1.54) is 6.42 Å². The molecule has 1 N–H and O–H groups in total. The van der Waals surface area contributed by atoms with Gasteiger partial charge in [-0.25, -0.2) is 0 Å². The van der Waals surface area contributed by atoms with Gasteiger partial charge in [0.05, 0.1) is 18.6 Å². The summed E-state index contributed by atoms with van der Waals surface area (Å²) in [6.45, 7) is 5.80. The van der Waals surface area contributed by atoms with Crippen LogP contribution in [0.5, 0.6) is 0 Å². The van der Waals surface area contributed by atoms with Crippen LogP contribution >= 0.6 is 0 Å². The monoisotopic (exact) mass is 236 g/mol. The predicted molar refractivity (Wildman–Crippen MR) is 67.3 cm³/mol. The van der Waals surface area contributed by atoms with Gasteiger partial charge in [-0.1, -0.05) is 13.8 Å². The first kappa shape index (κ1) is 12.9. The summed E-state index contributed by atoms with van der Waals surface area (Å²) in [5, 5.41) is 18.8. The van der Waals surface area contributed by atoms with Gasteiger partial charge in [0.2, 0.25) is 0 Å². The molecular weight excluding hydrogens is 212 g/mol. The highest BCUT2D eigenvalue weighted by Gasteiger charge is 2.40. The lowest BCUT2D eigenvalue weighted by Crippen LogP contribution is -2.48. The Bertz CT molecular complexity index is 299. The quantitative estimate of drug-likeness (QED) is 0.798. The van der Waals surface area contributed by atoms with Gasteiger partial charge in [-0.3, -0.25) is 4.90 Å². The van der Waals surface area contributed by atoms with Crippen LogP contribution in [-0.2, 0) is 0 Å². The Morgan fingerprint density at radius 3 is 2.71 bits per heavy atom. The first-order chi connectivity index (χ1) is 8.17. The molecule has 5 unspecified atom stereocenters. The van der Waals surface area contributed by atoms with E-state index < -0.39 is 0 Å². The lowest BCUT2D eigenvalue weighted by atomic mass is 9.78. The minimum Gasteiger partial charge on any atom is -0.395 e. The lowest BCUT2D eigenvalue weighted by molar-refractivity contribution is 0.0556. The van der Waals surface area contributed by atoms with Crippen LogP contribution in [0.15, 0.2) is 0 Å². The topological polar surface area (TPSA) is 47.3 Å². The number of hydrogen-bond acceptors (Lipinski definition) is 3. The molecule has 0 aromatic carbocycles. The summed E-state index contributed by atoms with van der Waals surface area (Å²) in [5.41, 5.74) is 0. The van der Waals surface area contributed by atoms with E-state index in [4.69, 9.17) is 0 Å². The van der Waals surface area contributed by atoms with Crippen molar-refractivity contribution in [1.29, 1.82) is 5.26 Å². The molecule has 2 aliphatic rings. The summed E-state index contributed by atoms with van der Waals surface area (Å²) >= 11 is 0. The van der Waals surface area contributed by atoms with Crippen molar-refractivity contribution in [2.75, 3.05) is 13.2 Å². The van der Waals surface area contributed by atoms with Gasteiger partial charge in [0.25, 0.3) is 0 Å². The van der Waals surface area contributed by atoms with E-state index in [0.717, 1.165) is 31.7 Å². The van der Waals surface area contributed by atoms with Gasteiger partial charge in [0.1, 0.15) is 0 Å². The van der Waals surface area contributed by atoms with E-state index in [9.17, 15) is 10.4 Å². The molecule has 1 aliphatic heterocycles. The fraction of sp³-hybridized carbons (Fsp3) is 0.929. The summed E-state index contributed by atoms with van der Waals surface area (Å²) in [5.74, 6) is 1.46. The molecule has 0 amide bonds. The van der Waals surface area contributed by atoms with Crippen LogP contribution in [0.2, 0.25) is 0 Å². The molecule has 1 saturated heterocycles. The van der Waals surface area contributed by atoms with Crippen LogP contribution in [0.4, 0.5) is 0 Å². The van der Waals surface area contributed by atoms with E-state index in [2.05, 4.69) is 24.8 Å². The maximum absolute atomic E-state index is 9.54. The molecule has 0 radical (unpaired) electrons. The molecule has 17 heavy (non-hydrogen) atoms. The molecule has 3 nitrogen and oxygen atoms in total. The molecule has 5 atom stereocenters. The van der Waals surface area contributed by atoms with E-state index in [1.54, 1.807) is 0 Å². The summed E-state index contributed by atoms with van der Waals surface area (Å²) in [6.07, 6.45) is 4.50. The molecule has 0 bridgehead atoms. The van der Waals surface area contributed by atoms with Crippen molar-refractivity contribution < 1.29 is 5.11 Å². The molecule has 96 valence electrons. The average molecular weight is 236 g/mol. The van der Waals surface area contributed by atoms with Crippen LogP contribution in [0, 0.1) is 29.1 Å². The molecule has 0 aromatic heterocycles. The summed E-state index contributed by atoms with van der Waals surface area (Å²) < 4.78 is 0. The van der Waals surface area contributed by atoms with Crippen molar-refractivity contribution in [1.82, 2.24) is 4.90 Å². The van der Waals surface area contributed by atoms with Gasteiger partial charge >= 0.3 is 0 Å². The molecule has 0 aromatic rings. The van der Waals surface area contributed by atoms with Crippen LogP contribution < -0.4 is 0 Å². The van der Waals surface area contributed by atoms with Gasteiger partial charge in [0, 0.05) is 12.1 Å². The molecule has 0 spiro atoms. The average Bonchev–Trinajstić information content (AvgIpc) is 2.70. The second-order valence-electron chi connectivity index (χ2n) is 5.97. The summed E-state index contributed by atoms with van der Waals surface area (Å²) in [6, 6.07) is 3.15. The molecule has 1 saturated carbocycles. The Hall–Kier alpha value is -0.590. The van der Waals surface area contributed by atoms with Crippen LogP contribution in [0.1, 0.15) is 39.5 Å². The molecular formula is C14H24N2O. The Morgan fingerprint density at radius 2 is 2.06 bits per heavy atom. The van der Waals surface area contributed by atoms with Gasteiger partial charge in [0.15, 0.2) is 0 Å². The number of aliphatic hydroxyl groups is 1. The number of aliphatic hydroxyl groups excluding tert-OH is 1. The summed E-state index contributed by atoms with van der Waals surface area (Å²) in [7, 11) is 0. The van der Waals surface area contributed by atoms with E-state index >= 15 is 0 Å². The van der Waals surface area contributed by atoms with Crippen LogP contribution in [-0.4, -0.2) is 35.2 Å². The fourth-order valence-electron chi connectivity index (χ4n) is 3.60. The minimum atomic E-state index is 0.172. The maximum Gasteiger partial charge on any atom is 0.0672 e. The number of hydrogen-bond donors (Lipinski definition) is 1. The predicted octanol–water partition coefficient (Wildman–Crippen LogP) is 2.02. The smallest absolute Gasteiger partial charge is 0.0672 e. The van der Waals surface area contributed by atoms with Crippen molar-refractivity contribution in [3.8, 4) is 6.07 Å². The van der Waals surface area contributed by atoms with E-state index in [0.29, 0.717) is 12.0 Å². The number of nitrogens with zero attached hydrogens (tertiary/aromatic N) is 2. The maximum atomic E-state index is 9.54. The zero-order valence-electron chi connectivity index (χ0n) is 11.0. The van der Waals surface area contributed by atoms with Crippen molar-refractivity contribution in [2.45, 2.75) is 51.6 Å². The third-order valence-electron chi connectivity index (χ3n) is 4.78. The summed E-state index contributed by atoms with van der Waals surface area (Å²) in [4.78, 5) is 2.42. The molecule has 1 heterocycles. The van der Waals surface area contributed by atoms with Gasteiger partial charge in [-0.15, -0.1) is 0 Å². The Balaban J connectivity index is 2.11. The second-order valence-corrected chi connectivity index (χ2v) is 5.97. The molecule has 1 aliphatic carbocycles. The molecule has 2 fully saturated rings. The largest absolute Gasteiger partial charge is 0.395 e. The SMILES string of the molecule is CC1CCC(C#N)C(N2CCC(C)C2CO)C1. The third kappa shape index (κ3) is 2.48. The first-order valence-corrected chi connectivity index (χ1v) is 6.93. The zero-order valence-corrected chi connectivity index (χ0v) is 11.0. The number of rotatable bonds is 2. The Morgan fingerprint density at radius 1 is 1.29 bits per heavy atom. The van der Waals surface area contributed by atoms with E-state index in [1.807, 2.05) is 0 Å². The van der Waals surface area contributed by atoms with E-state index in [-0.39, 0.29) is 18.6 Å². The van der Waals surface area contributed by atoms with Crippen molar-refractivity contribution in [3.63, 3.8) is 0 Å². The highest BCUT2D eigenvalue weighted by Crippen LogP contribution is 2.36. The zero-order chi connectivity index (χ0) is 12.4. The first-order valence-electron chi connectivity index (χ1n) is 6.93. The van der Waals surface area contributed by atoms with Gasteiger partial charge in [-0.05, 0) is 44.1 Å². The normalized spacial score (nSPS) is 43.5. The highest BCUT2D eigenvalue weighted by molar-refractivity contribution is 5.00. The van der Waals surface area contributed by atoms with Crippen LogP contribution in [0.3, 0.4) is 0 Å². The van der Waals surface area contributed by atoms with Gasteiger partial charge < -0.3 is 5.11 Å². The number of nitriles is 1. The minimum absolute atomic E-state index is 0.172. The van der Waals surface area contributed by atoms with Crippen LogP contribution in [0.25, 0.3) is 0 Å². The van der Waals surface area contributed by atoms with Gasteiger partial charge in [-0.2, -0.15) is 5.26 Å². The fourth-order valence-corrected chi connectivity index (χ4v) is 3.60.